The third-order valence-corrected chi connectivity index (χ3v) is 5.96. The lowest BCUT2D eigenvalue weighted by Crippen LogP contribution is -2.14. The Bertz CT molecular complexity index is 298. The van der Waals surface area contributed by atoms with Crippen LogP contribution in [0.1, 0.15) is 84.0 Å². The Hall–Kier alpha value is -0.520. The van der Waals surface area contributed by atoms with E-state index in [1.165, 1.54) is 77.0 Å². The minimum Gasteiger partial charge on any atom is -0.103 e. The lowest BCUT2D eigenvalue weighted by molar-refractivity contribution is 0.253. The molecule has 0 unspecified atom stereocenters. The van der Waals surface area contributed by atoms with Crippen LogP contribution in [-0.2, 0) is 0 Å². The maximum atomic E-state index is 3.94. The van der Waals surface area contributed by atoms with E-state index in [0.29, 0.717) is 0 Å². The first-order valence-electron chi connectivity index (χ1n) is 9.61. The molecular weight excluding hydrogens is 252 g/mol. The van der Waals surface area contributed by atoms with Crippen molar-refractivity contribution in [1.29, 1.82) is 0 Å². The smallest absolute Gasteiger partial charge is 0.0233 e. The van der Waals surface area contributed by atoms with E-state index in [2.05, 4.69) is 31.7 Å². The fourth-order valence-corrected chi connectivity index (χ4v) is 4.41. The van der Waals surface area contributed by atoms with Gasteiger partial charge >= 0.3 is 0 Å². The Morgan fingerprint density at radius 3 is 1.95 bits per heavy atom. The van der Waals surface area contributed by atoms with E-state index in [1.807, 2.05) is 0 Å². The van der Waals surface area contributed by atoms with Crippen molar-refractivity contribution in [2.75, 3.05) is 0 Å². The summed E-state index contributed by atoms with van der Waals surface area (Å²) in [6.07, 6.45) is 24.3. The molecule has 2 aliphatic rings. The van der Waals surface area contributed by atoms with Crippen molar-refractivity contribution in [2.45, 2.75) is 84.0 Å². The summed E-state index contributed by atoms with van der Waals surface area (Å²) in [5.74, 6) is 3.75. The fraction of sp³-hybridized carbons (Fsp3) is 0.810. The molecule has 0 amide bonds. The largest absolute Gasteiger partial charge is 0.103 e. The molecule has 0 nitrogen and oxygen atoms in total. The van der Waals surface area contributed by atoms with Crippen molar-refractivity contribution in [1.82, 2.24) is 0 Å². The number of hydrogen-bond acceptors (Lipinski definition) is 0. The summed E-state index contributed by atoms with van der Waals surface area (Å²) < 4.78 is 0. The molecule has 0 radical (unpaired) electrons. The van der Waals surface area contributed by atoms with Crippen LogP contribution < -0.4 is 0 Å². The van der Waals surface area contributed by atoms with Crippen LogP contribution >= 0.6 is 0 Å². The number of hydrogen-bond donors (Lipinski definition) is 0. The standard InChI is InChI=1S/C21H36/c1-3-7-19-14-16-21(17-15-19)9-6-5-8-20-12-10-18(4-2)11-13-20/h4-5,8,18-21H,2-3,6-7,9-17H2,1H3. The summed E-state index contributed by atoms with van der Waals surface area (Å²) in [6, 6.07) is 0. The highest BCUT2D eigenvalue weighted by Crippen LogP contribution is 2.34. The minimum atomic E-state index is 0.799. The molecule has 0 spiro atoms. The second-order valence-corrected chi connectivity index (χ2v) is 7.59. The first-order valence-corrected chi connectivity index (χ1v) is 9.61. The van der Waals surface area contributed by atoms with Crippen LogP contribution in [0.3, 0.4) is 0 Å². The van der Waals surface area contributed by atoms with Crippen LogP contribution in [0, 0.1) is 23.7 Å². The molecule has 0 atom stereocenters. The highest BCUT2D eigenvalue weighted by atomic mass is 14.3. The minimum absolute atomic E-state index is 0.799. The zero-order chi connectivity index (χ0) is 14.9. The van der Waals surface area contributed by atoms with Crippen molar-refractivity contribution in [3.05, 3.63) is 24.8 Å². The van der Waals surface area contributed by atoms with Gasteiger partial charge < -0.3 is 0 Å². The maximum Gasteiger partial charge on any atom is -0.0233 e. The van der Waals surface area contributed by atoms with E-state index in [-0.39, 0.29) is 0 Å². The van der Waals surface area contributed by atoms with Gasteiger partial charge in [0.2, 0.25) is 0 Å². The second kappa shape index (κ2) is 9.49. The van der Waals surface area contributed by atoms with Crippen LogP contribution in [0.4, 0.5) is 0 Å². The first-order chi connectivity index (χ1) is 10.3. The Morgan fingerprint density at radius 1 is 0.810 bits per heavy atom. The molecule has 0 bridgehead atoms. The maximum absolute atomic E-state index is 3.94. The molecule has 0 aromatic carbocycles. The summed E-state index contributed by atoms with van der Waals surface area (Å²) in [5, 5.41) is 0. The molecule has 2 saturated carbocycles. The highest BCUT2D eigenvalue weighted by molar-refractivity contribution is 4.94. The molecule has 0 aliphatic heterocycles. The number of rotatable bonds is 7. The summed E-state index contributed by atoms with van der Waals surface area (Å²) in [4.78, 5) is 0. The molecule has 120 valence electrons. The van der Waals surface area contributed by atoms with E-state index < -0.39 is 0 Å². The van der Waals surface area contributed by atoms with Crippen molar-refractivity contribution in [2.24, 2.45) is 23.7 Å². The van der Waals surface area contributed by atoms with Crippen molar-refractivity contribution < 1.29 is 0 Å². The Balaban J connectivity index is 1.55. The molecule has 0 heteroatoms. The van der Waals surface area contributed by atoms with E-state index >= 15 is 0 Å². The summed E-state index contributed by atoms with van der Waals surface area (Å²) in [5.41, 5.74) is 0. The summed E-state index contributed by atoms with van der Waals surface area (Å²) in [7, 11) is 0. The Morgan fingerprint density at radius 2 is 1.38 bits per heavy atom. The Kier molecular flexibility index (Phi) is 7.61. The topological polar surface area (TPSA) is 0 Å². The molecule has 2 aliphatic carbocycles. The van der Waals surface area contributed by atoms with Gasteiger partial charge in [0.25, 0.3) is 0 Å². The fourth-order valence-electron chi connectivity index (χ4n) is 4.41. The third-order valence-electron chi connectivity index (χ3n) is 5.96. The van der Waals surface area contributed by atoms with E-state index in [0.717, 1.165) is 23.7 Å². The van der Waals surface area contributed by atoms with Gasteiger partial charge in [0.05, 0.1) is 0 Å². The van der Waals surface area contributed by atoms with Gasteiger partial charge in [-0.15, -0.1) is 6.58 Å². The predicted octanol–water partition coefficient (Wildman–Crippen LogP) is 6.92. The van der Waals surface area contributed by atoms with Crippen LogP contribution in [0.2, 0.25) is 0 Å². The summed E-state index contributed by atoms with van der Waals surface area (Å²) in [6.45, 7) is 6.27. The zero-order valence-corrected chi connectivity index (χ0v) is 14.2. The second-order valence-electron chi connectivity index (χ2n) is 7.59. The molecule has 0 aromatic rings. The van der Waals surface area contributed by atoms with Gasteiger partial charge in [-0.05, 0) is 62.2 Å². The van der Waals surface area contributed by atoms with Crippen molar-refractivity contribution >= 4 is 0 Å². The third kappa shape index (κ3) is 6.01. The molecule has 0 saturated heterocycles. The lowest BCUT2D eigenvalue weighted by Gasteiger charge is -2.28. The molecule has 2 fully saturated rings. The average Bonchev–Trinajstić information content (AvgIpc) is 2.54. The van der Waals surface area contributed by atoms with E-state index in [4.69, 9.17) is 0 Å². The SMILES string of the molecule is C=CC1CCC(C=CCCC2CCC(CCC)CC2)CC1. The number of allylic oxidation sites excluding steroid dienone is 3. The van der Waals surface area contributed by atoms with Gasteiger partial charge in [0, 0.05) is 0 Å². The average molecular weight is 289 g/mol. The summed E-state index contributed by atoms with van der Waals surface area (Å²) >= 11 is 0. The van der Waals surface area contributed by atoms with Crippen molar-refractivity contribution in [3.8, 4) is 0 Å². The Labute approximate surface area is 133 Å². The monoisotopic (exact) mass is 288 g/mol. The molecular formula is C21H36. The van der Waals surface area contributed by atoms with Gasteiger partial charge in [-0.2, -0.15) is 0 Å². The predicted molar refractivity (Wildman–Crippen MR) is 94.4 cm³/mol. The van der Waals surface area contributed by atoms with Crippen LogP contribution in [0.5, 0.6) is 0 Å². The molecule has 0 heterocycles. The van der Waals surface area contributed by atoms with Crippen LogP contribution in [0.15, 0.2) is 24.8 Å². The normalized spacial score (nSPS) is 34.1. The van der Waals surface area contributed by atoms with Gasteiger partial charge in [0.15, 0.2) is 0 Å². The molecule has 0 N–H and O–H groups in total. The molecule has 2 rings (SSSR count). The van der Waals surface area contributed by atoms with Gasteiger partial charge in [-0.1, -0.05) is 63.7 Å². The molecule has 21 heavy (non-hydrogen) atoms. The molecule has 0 aromatic heterocycles. The lowest BCUT2D eigenvalue weighted by atomic mass is 9.78. The quantitative estimate of drug-likeness (QED) is 0.446. The highest BCUT2D eigenvalue weighted by Gasteiger charge is 2.20. The van der Waals surface area contributed by atoms with Gasteiger partial charge in [0.1, 0.15) is 0 Å². The zero-order valence-electron chi connectivity index (χ0n) is 14.2. The van der Waals surface area contributed by atoms with E-state index in [9.17, 15) is 0 Å². The first kappa shape index (κ1) is 16.8. The van der Waals surface area contributed by atoms with E-state index in [1.54, 1.807) is 0 Å². The van der Waals surface area contributed by atoms with Crippen LogP contribution in [0.25, 0.3) is 0 Å². The van der Waals surface area contributed by atoms with Gasteiger partial charge in [-0.25, -0.2) is 0 Å². The van der Waals surface area contributed by atoms with Crippen LogP contribution in [-0.4, -0.2) is 0 Å². The van der Waals surface area contributed by atoms with Crippen molar-refractivity contribution in [3.63, 3.8) is 0 Å². The van der Waals surface area contributed by atoms with Gasteiger partial charge in [-0.3, -0.25) is 0 Å².